The summed E-state index contributed by atoms with van der Waals surface area (Å²) in [6, 6.07) is 11.9. The Bertz CT molecular complexity index is 1000. The number of benzene rings is 1. The SMILES string of the molecule is Cc1nn(-c2ccccc2)c2sc(C(=O)NC3CCC(NC(=O)O)CC3)cc12. The molecule has 1 aromatic carbocycles. The summed E-state index contributed by atoms with van der Waals surface area (Å²) in [6.45, 7) is 1.95. The number of amides is 2. The maximum absolute atomic E-state index is 12.8. The molecule has 1 aliphatic carbocycles. The summed E-state index contributed by atoms with van der Waals surface area (Å²) in [5, 5.41) is 20.0. The van der Waals surface area contributed by atoms with Crippen molar-refractivity contribution in [1.82, 2.24) is 20.4 Å². The van der Waals surface area contributed by atoms with Crippen LogP contribution in [0.1, 0.15) is 41.0 Å². The normalized spacial score (nSPS) is 19.5. The Kier molecular flexibility index (Phi) is 5.04. The molecule has 0 unspecified atom stereocenters. The van der Waals surface area contributed by atoms with Gasteiger partial charge in [0.1, 0.15) is 4.83 Å². The minimum Gasteiger partial charge on any atom is -0.465 e. The van der Waals surface area contributed by atoms with Crippen LogP contribution in [0, 0.1) is 6.92 Å². The molecular formula is C20H22N4O3S. The van der Waals surface area contributed by atoms with Gasteiger partial charge in [0.05, 0.1) is 16.3 Å². The molecule has 2 aromatic heterocycles. The summed E-state index contributed by atoms with van der Waals surface area (Å²) in [4.78, 5) is 25.1. The molecule has 1 saturated carbocycles. The Labute approximate surface area is 166 Å². The average molecular weight is 398 g/mol. The fourth-order valence-electron chi connectivity index (χ4n) is 3.72. The molecule has 7 nitrogen and oxygen atoms in total. The molecule has 1 fully saturated rings. The van der Waals surface area contributed by atoms with Gasteiger partial charge in [0.15, 0.2) is 0 Å². The summed E-state index contributed by atoms with van der Waals surface area (Å²) >= 11 is 1.44. The predicted octanol–water partition coefficient (Wildman–Crippen LogP) is 3.70. The van der Waals surface area contributed by atoms with E-state index in [-0.39, 0.29) is 18.0 Å². The number of nitrogens with zero attached hydrogens (tertiary/aromatic N) is 2. The van der Waals surface area contributed by atoms with Crippen LogP contribution in [0.25, 0.3) is 15.9 Å². The van der Waals surface area contributed by atoms with Crippen molar-refractivity contribution in [3.05, 3.63) is 47.0 Å². The molecular weight excluding hydrogens is 376 g/mol. The van der Waals surface area contributed by atoms with Crippen molar-refractivity contribution in [2.75, 3.05) is 0 Å². The van der Waals surface area contributed by atoms with Crippen LogP contribution in [0.15, 0.2) is 36.4 Å². The number of rotatable bonds is 4. The van der Waals surface area contributed by atoms with Gasteiger partial charge in [-0.15, -0.1) is 11.3 Å². The second-order valence-electron chi connectivity index (χ2n) is 7.13. The molecule has 28 heavy (non-hydrogen) atoms. The van der Waals surface area contributed by atoms with Gasteiger partial charge >= 0.3 is 6.09 Å². The zero-order chi connectivity index (χ0) is 19.7. The zero-order valence-electron chi connectivity index (χ0n) is 15.5. The van der Waals surface area contributed by atoms with Gasteiger partial charge in [0.2, 0.25) is 0 Å². The number of carbonyl (C=O) groups excluding carboxylic acids is 1. The Hall–Kier alpha value is -2.87. The molecule has 1 aliphatic rings. The summed E-state index contributed by atoms with van der Waals surface area (Å²) in [5.41, 5.74) is 1.87. The fourth-order valence-corrected chi connectivity index (χ4v) is 4.80. The highest BCUT2D eigenvalue weighted by atomic mass is 32.1. The Morgan fingerprint density at radius 2 is 1.75 bits per heavy atom. The van der Waals surface area contributed by atoms with Crippen molar-refractivity contribution >= 4 is 33.6 Å². The summed E-state index contributed by atoms with van der Waals surface area (Å²) in [5.74, 6) is -0.0742. The minimum atomic E-state index is -0.986. The number of carbonyl (C=O) groups is 2. The first-order valence-corrected chi connectivity index (χ1v) is 10.2. The molecule has 3 aromatic rings. The lowest BCUT2D eigenvalue weighted by Gasteiger charge is -2.28. The van der Waals surface area contributed by atoms with Gasteiger partial charge in [-0.1, -0.05) is 18.2 Å². The number of carboxylic acid groups (broad SMARTS) is 1. The van der Waals surface area contributed by atoms with Gasteiger partial charge in [0, 0.05) is 17.5 Å². The number of nitrogens with one attached hydrogen (secondary N) is 2. The highest BCUT2D eigenvalue weighted by molar-refractivity contribution is 7.20. The first-order valence-electron chi connectivity index (χ1n) is 9.36. The first-order chi connectivity index (χ1) is 13.5. The van der Waals surface area contributed by atoms with Crippen molar-refractivity contribution in [2.24, 2.45) is 0 Å². The lowest BCUT2D eigenvalue weighted by Crippen LogP contribution is -2.43. The van der Waals surface area contributed by atoms with Crippen LogP contribution >= 0.6 is 11.3 Å². The third-order valence-corrected chi connectivity index (χ3v) is 6.27. The van der Waals surface area contributed by atoms with E-state index in [1.165, 1.54) is 11.3 Å². The number of para-hydroxylation sites is 1. The van der Waals surface area contributed by atoms with Gasteiger partial charge < -0.3 is 15.7 Å². The van der Waals surface area contributed by atoms with Gasteiger partial charge in [-0.05, 0) is 50.8 Å². The number of hydrogen-bond donors (Lipinski definition) is 3. The molecule has 146 valence electrons. The summed E-state index contributed by atoms with van der Waals surface area (Å²) in [7, 11) is 0. The Morgan fingerprint density at radius 1 is 1.11 bits per heavy atom. The molecule has 4 rings (SSSR count). The Morgan fingerprint density at radius 3 is 2.39 bits per heavy atom. The molecule has 0 bridgehead atoms. The standard InChI is InChI=1S/C20H22N4O3S/c1-12-16-11-17(28-19(16)24(23-12)15-5-3-2-4-6-15)18(25)21-13-7-9-14(10-8-13)22-20(26)27/h2-6,11,13-14,22H,7-10H2,1H3,(H,21,25)(H,26,27). The second-order valence-corrected chi connectivity index (χ2v) is 8.16. The van der Waals surface area contributed by atoms with Crippen LogP contribution in [0.4, 0.5) is 4.79 Å². The van der Waals surface area contributed by atoms with Crippen molar-refractivity contribution in [1.29, 1.82) is 0 Å². The number of aromatic nitrogens is 2. The third-order valence-electron chi connectivity index (χ3n) is 5.16. The van der Waals surface area contributed by atoms with Crippen molar-refractivity contribution in [3.63, 3.8) is 0 Å². The molecule has 8 heteroatoms. The maximum Gasteiger partial charge on any atom is 0.404 e. The van der Waals surface area contributed by atoms with E-state index in [2.05, 4.69) is 15.7 Å². The van der Waals surface area contributed by atoms with Crippen LogP contribution < -0.4 is 10.6 Å². The summed E-state index contributed by atoms with van der Waals surface area (Å²) < 4.78 is 1.88. The minimum absolute atomic E-state index is 0.0190. The number of thiophene rings is 1. The maximum atomic E-state index is 12.8. The second kappa shape index (κ2) is 7.63. The molecule has 2 amide bonds. The van der Waals surface area contributed by atoms with E-state index in [9.17, 15) is 9.59 Å². The zero-order valence-corrected chi connectivity index (χ0v) is 16.3. The van der Waals surface area contributed by atoms with Gasteiger partial charge in [-0.3, -0.25) is 4.79 Å². The Balaban J connectivity index is 1.48. The van der Waals surface area contributed by atoms with Crippen LogP contribution in [0.3, 0.4) is 0 Å². The van der Waals surface area contributed by atoms with E-state index >= 15 is 0 Å². The highest BCUT2D eigenvalue weighted by Gasteiger charge is 2.25. The molecule has 3 N–H and O–H groups in total. The van der Waals surface area contributed by atoms with Gasteiger partial charge in [-0.2, -0.15) is 5.10 Å². The lowest BCUT2D eigenvalue weighted by atomic mass is 9.91. The average Bonchev–Trinajstić information content (AvgIpc) is 3.24. The lowest BCUT2D eigenvalue weighted by molar-refractivity contribution is 0.0927. The van der Waals surface area contributed by atoms with E-state index < -0.39 is 6.09 Å². The van der Waals surface area contributed by atoms with Crippen molar-refractivity contribution in [2.45, 2.75) is 44.7 Å². The molecule has 0 saturated heterocycles. The van der Waals surface area contributed by atoms with E-state index in [0.717, 1.165) is 47.3 Å². The van der Waals surface area contributed by atoms with Gasteiger partial charge in [-0.25, -0.2) is 9.48 Å². The predicted molar refractivity (Wildman–Crippen MR) is 108 cm³/mol. The van der Waals surface area contributed by atoms with Crippen LogP contribution in [0.5, 0.6) is 0 Å². The largest absolute Gasteiger partial charge is 0.465 e. The molecule has 2 heterocycles. The quantitative estimate of drug-likeness (QED) is 0.624. The number of fused-ring (bicyclic) bond motifs is 1. The summed E-state index contributed by atoms with van der Waals surface area (Å²) in [6.07, 6.45) is 2.05. The van der Waals surface area contributed by atoms with E-state index in [0.29, 0.717) is 4.88 Å². The van der Waals surface area contributed by atoms with E-state index in [1.807, 2.05) is 48.0 Å². The van der Waals surface area contributed by atoms with Crippen molar-refractivity contribution in [3.8, 4) is 5.69 Å². The number of aryl methyl sites for hydroxylation is 1. The van der Waals surface area contributed by atoms with E-state index in [1.54, 1.807) is 0 Å². The number of hydrogen-bond acceptors (Lipinski definition) is 4. The third kappa shape index (κ3) is 3.73. The smallest absolute Gasteiger partial charge is 0.404 e. The van der Waals surface area contributed by atoms with Crippen LogP contribution in [-0.2, 0) is 0 Å². The van der Waals surface area contributed by atoms with Crippen LogP contribution in [-0.4, -0.2) is 39.0 Å². The topological polar surface area (TPSA) is 96.3 Å². The molecule has 0 atom stereocenters. The van der Waals surface area contributed by atoms with E-state index in [4.69, 9.17) is 5.11 Å². The van der Waals surface area contributed by atoms with Crippen LogP contribution in [0.2, 0.25) is 0 Å². The van der Waals surface area contributed by atoms with Crippen molar-refractivity contribution < 1.29 is 14.7 Å². The molecule has 0 spiro atoms. The molecule has 0 aliphatic heterocycles. The molecule has 0 radical (unpaired) electrons. The highest BCUT2D eigenvalue weighted by Crippen LogP contribution is 2.30. The first kappa shape index (κ1) is 18.5. The van der Waals surface area contributed by atoms with Gasteiger partial charge in [0.25, 0.3) is 5.91 Å². The monoisotopic (exact) mass is 398 g/mol. The fraction of sp³-hybridized carbons (Fsp3) is 0.350.